The minimum atomic E-state index is -0.951. The molecule has 2 N–H and O–H groups in total. The van der Waals surface area contributed by atoms with E-state index in [4.69, 9.17) is 0 Å². The molecule has 3 aliphatic heterocycles. The van der Waals surface area contributed by atoms with Crippen LogP contribution in [-0.2, 0) is 13.1 Å². The molecule has 0 aliphatic carbocycles. The molecule has 5 rings (SSSR count). The second kappa shape index (κ2) is 9.90. The molecule has 37 heavy (non-hydrogen) atoms. The van der Waals surface area contributed by atoms with Crippen LogP contribution in [0.5, 0.6) is 0 Å². The maximum atomic E-state index is 14.0. The molecule has 2 aromatic carbocycles. The molecular weight excluding hydrogens is 462 g/mol. The number of β-amino-alcohol motifs (C(OH)–C–C–N with tert-alkyl or cyclic N) is 1. The van der Waals surface area contributed by atoms with E-state index >= 15 is 0 Å². The standard InChI is InChI=1S/C31H41N3O3/c1-20-10-21(2)13-25(12-20)16-32-8-6-31(7-9-32)28-15-24(5)29-23(4)11-22(3)14-26(29)17-33(28)30(37)34(31)18-27(36)19-35/h10-15,24,27,35-36H,6-9,16-19H2,1-5H3/t24-,27-/m1/s1. The van der Waals surface area contributed by atoms with Gasteiger partial charge < -0.3 is 15.1 Å². The van der Waals surface area contributed by atoms with Crippen molar-refractivity contribution in [3.63, 3.8) is 0 Å². The lowest BCUT2D eigenvalue weighted by Crippen LogP contribution is -2.55. The minimum absolute atomic E-state index is 0.0549. The van der Waals surface area contributed by atoms with E-state index in [9.17, 15) is 15.0 Å². The zero-order valence-electron chi connectivity index (χ0n) is 22.9. The molecule has 0 saturated carbocycles. The lowest BCUT2D eigenvalue weighted by molar-refractivity contribution is 0.0280. The number of hydrogen-bond acceptors (Lipinski definition) is 4. The van der Waals surface area contributed by atoms with Crippen molar-refractivity contribution >= 4 is 6.03 Å². The van der Waals surface area contributed by atoms with Crippen molar-refractivity contribution in [1.29, 1.82) is 0 Å². The van der Waals surface area contributed by atoms with Gasteiger partial charge in [-0.3, -0.25) is 9.80 Å². The number of aliphatic hydroxyl groups excluding tert-OH is 2. The molecule has 2 fully saturated rings. The number of allylic oxidation sites excluding steroid dienone is 1. The van der Waals surface area contributed by atoms with Crippen LogP contribution < -0.4 is 0 Å². The molecule has 6 heteroatoms. The Kier molecular flexibility index (Phi) is 6.94. The molecule has 6 nitrogen and oxygen atoms in total. The fourth-order valence-corrected chi connectivity index (χ4v) is 7.11. The van der Waals surface area contributed by atoms with Crippen molar-refractivity contribution in [2.24, 2.45) is 0 Å². The number of rotatable bonds is 5. The normalized spacial score (nSPS) is 22.1. The molecule has 3 heterocycles. The Morgan fingerprint density at radius 2 is 1.65 bits per heavy atom. The number of fused-ring (bicyclic) bond motifs is 3. The summed E-state index contributed by atoms with van der Waals surface area (Å²) in [7, 11) is 0. The van der Waals surface area contributed by atoms with Gasteiger partial charge in [0.1, 0.15) is 0 Å². The predicted octanol–water partition coefficient (Wildman–Crippen LogP) is 4.55. The lowest BCUT2D eigenvalue weighted by Gasteiger charge is -2.45. The SMILES string of the molecule is Cc1cc(C)cc(CN2CCC3(CC2)C2=C[C@@H](C)c4c(C)cc(C)cc4CN2C(=O)N3C[C@@H](O)CO)c1. The van der Waals surface area contributed by atoms with Crippen molar-refractivity contribution in [2.75, 3.05) is 26.2 Å². The van der Waals surface area contributed by atoms with Crippen LogP contribution in [-0.4, -0.2) is 68.8 Å². The largest absolute Gasteiger partial charge is 0.394 e. The number of carbonyl (C=O) groups is 1. The van der Waals surface area contributed by atoms with Crippen molar-refractivity contribution in [1.82, 2.24) is 14.7 Å². The zero-order valence-corrected chi connectivity index (χ0v) is 22.9. The first-order valence-corrected chi connectivity index (χ1v) is 13.6. The van der Waals surface area contributed by atoms with Crippen LogP contribution in [0.4, 0.5) is 4.79 Å². The van der Waals surface area contributed by atoms with Crippen molar-refractivity contribution in [3.8, 4) is 0 Å². The van der Waals surface area contributed by atoms with Gasteiger partial charge in [-0.1, -0.05) is 60.0 Å². The molecule has 2 atom stereocenters. The summed E-state index contributed by atoms with van der Waals surface area (Å²) in [6, 6.07) is 11.1. The molecule has 0 bridgehead atoms. The molecular formula is C31H41N3O3. The van der Waals surface area contributed by atoms with Gasteiger partial charge >= 0.3 is 6.03 Å². The summed E-state index contributed by atoms with van der Waals surface area (Å²) in [6.07, 6.45) is 2.97. The molecule has 0 aromatic heterocycles. The van der Waals surface area contributed by atoms with Gasteiger partial charge in [0.05, 0.1) is 31.3 Å². The highest BCUT2D eigenvalue weighted by Gasteiger charge is 2.55. The third-order valence-electron chi connectivity index (χ3n) is 8.53. The van der Waals surface area contributed by atoms with E-state index in [-0.39, 0.29) is 25.1 Å². The average Bonchev–Trinajstić information content (AvgIpc) is 2.93. The lowest BCUT2D eigenvalue weighted by atomic mass is 9.81. The second-order valence-corrected chi connectivity index (χ2v) is 11.6. The van der Waals surface area contributed by atoms with Crippen LogP contribution in [0.3, 0.4) is 0 Å². The summed E-state index contributed by atoms with van der Waals surface area (Å²) in [5.41, 5.74) is 9.52. The first-order chi connectivity index (χ1) is 17.6. The molecule has 0 unspecified atom stereocenters. The summed E-state index contributed by atoms with van der Waals surface area (Å²) in [5, 5.41) is 20.1. The first kappa shape index (κ1) is 26.0. The van der Waals surface area contributed by atoms with E-state index < -0.39 is 11.6 Å². The average molecular weight is 504 g/mol. The molecule has 2 saturated heterocycles. The smallest absolute Gasteiger partial charge is 0.325 e. The van der Waals surface area contributed by atoms with Gasteiger partial charge in [-0.25, -0.2) is 4.79 Å². The molecule has 198 valence electrons. The van der Waals surface area contributed by atoms with E-state index in [1.165, 1.54) is 38.9 Å². The highest BCUT2D eigenvalue weighted by atomic mass is 16.3. The topological polar surface area (TPSA) is 67.2 Å². The summed E-state index contributed by atoms with van der Waals surface area (Å²) < 4.78 is 0. The van der Waals surface area contributed by atoms with Crippen LogP contribution >= 0.6 is 0 Å². The number of aliphatic hydroxyl groups is 2. The fraction of sp³-hybridized carbons (Fsp3) is 0.516. The third kappa shape index (κ3) is 4.71. The van der Waals surface area contributed by atoms with Crippen LogP contribution in [0.2, 0.25) is 0 Å². The van der Waals surface area contributed by atoms with E-state index in [0.29, 0.717) is 6.54 Å². The first-order valence-electron chi connectivity index (χ1n) is 13.6. The molecule has 2 aromatic rings. The Hall–Kier alpha value is -2.67. The highest BCUT2D eigenvalue weighted by molar-refractivity contribution is 5.83. The van der Waals surface area contributed by atoms with E-state index in [0.717, 1.165) is 38.2 Å². The van der Waals surface area contributed by atoms with Crippen LogP contribution in [0, 0.1) is 27.7 Å². The zero-order chi connectivity index (χ0) is 26.5. The predicted molar refractivity (Wildman–Crippen MR) is 146 cm³/mol. The summed E-state index contributed by atoms with van der Waals surface area (Å²) >= 11 is 0. The summed E-state index contributed by atoms with van der Waals surface area (Å²) in [5.74, 6) is 0.191. The van der Waals surface area contributed by atoms with Crippen LogP contribution in [0.1, 0.15) is 64.6 Å². The Balaban J connectivity index is 1.48. The molecule has 0 radical (unpaired) electrons. The Morgan fingerprint density at radius 3 is 2.30 bits per heavy atom. The van der Waals surface area contributed by atoms with E-state index in [2.05, 4.69) is 75.9 Å². The van der Waals surface area contributed by atoms with Gasteiger partial charge in [-0.05, 0) is 62.8 Å². The number of benzene rings is 2. The quantitative estimate of drug-likeness (QED) is 0.628. The van der Waals surface area contributed by atoms with Gasteiger partial charge in [-0.2, -0.15) is 0 Å². The number of hydrogen-bond donors (Lipinski definition) is 2. The molecule has 3 aliphatic rings. The number of urea groups is 1. The Labute approximate surface area is 221 Å². The van der Waals surface area contributed by atoms with Gasteiger partial charge in [0, 0.05) is 31.2 Å². The maximum Gasteiger partial charge on any atom is 0.325 e. The number of nitrogens with zero attached hydrogens (tertiary/aromatic N) is 3. The third-order valence-corrected chi connectivity index (χ3v) is 8.53. The maximum absolute atomic E-state index is 14.0. The van der Waals surface area contributed by atoms with Gasteiger partial charge in [0.2, 0.25) is 0 Å². The Morgan fingerprint density at radius 1 is 1.00 bits per heavy atom. The van der Waals surface area contributed by atoms with Crippen molar-refractivity contribution < 1.29 is 15.0 Å². The van der Waals surface area contributed by atoms with Gasteiger partial charge in [0.15, 0.2) is 0 Å². The van der Waals surface area contributed by atoms with Crippen LogP contribution in [0.15, 0.2) is 42.1 Å². The Bertz CT molecular complexity index is 1210. The van der Waals surface area contributed by atoms with Crippen molar-refractivity contribution in [3.05, 3.63) is 81.0 Å². The highest BCUT2D eigenvalue weighted by Crippen LogP contribution is 2.48. The number of aryl methyl sites for hydroxylation is 4. The molecule has 2 amide bonds. The van der Waals surface area contributed by atoms with Crippen LogP contribution in [0.25, 0.3) is 0 Å². The monoisotopic (exact) mass is 503 g/mol. The van der Waals surface area contributed by atoms with Gasteiger partial charge in [-0.15, -0.1) is 0 Å². The summed E-state index contributed by atoms with van der Waals surface area (Å²) in [4.78, 5) is 20.3. The van der Waals surface area contributed by atoms with E-state index in [1.54, 1.807) is 0 Å². The molecule has 1 spiro atoms. The number of amides is 2. The van der Waals surface area contributed by atoms with E-state index in [1.807, 2.05) is 9.80 Å². The van der Waals surface area contributed by atoms with Crippen molar-refractivity contribution in [2.45, 2.75) is 78.1 Å². The second-order valence-electron chi connectivity index (χ2n) is 11.6. The number of piperidine rings is 1. The summed E-state index contributed by atoms with van der Waals surface area (Å²) in [6.45, 7) is 13.8. The number of likely N-dealkylation sites (tertiary alicyclic amines) is 1. The number of carbonyl (C=O) groups excluding carboxylic acids is 1. The fourth-order valence-electron chi connectivity index (χ4n) is 7.11. The minimum Gasteiger partial charge on any atom is -0.394 e. The van der Waals surface area contributed by atoms with Gasteiger partial charge in [0.25, 0.3) is 0 Å².